The molecule has 4 nitrogen and oxygen atoms in total. The first-order chi connectivity index (χ1) is 12.4. The second-order valence-electron chi connectivity index (χ2n) is 5.61. The van der Waals surface area contributed by atoms with E-state index in [-0.39, 0.29) is 41.2 Å². The largest absolute Gasteiger partial charge is 0.486 e. The number of ether oxygens (including phenoxy) is 2. The zero-order valence-electron chi connectivity index (χ0n) is 13.0. The van der Waals surface area contributed by atoms with E-state index in [4.69, 9.17) is 25.5 Å². The van der Waals surface area contributed by atoms with Crippen molar-refractivity contribution in [3.8, 4) is 22.6 Å². The summed E-state index contributed by atoms with van der Waals surface area (Å²) in [5, 5.41) is 0.319. The summed E-state index contributed by atoms with van der Waals surface area (Å²) in [5.41, 5.74) is -1.60. The Hall–Kier alpha value is -2.67. The van der Waals surface area contributed by atoms with E-state index in [0.717, 1.165) is 0 Å². The highest BCUT2D eigenvalue weighted by atomic mass is 35.5. The number of fused-ring (bicyclic) bond motifs is 3. The van der Waals surface area contributed by atoms with Gasteiger partial charge in [0.05, 0.1) is 10.9 Å². The molecule has 134 valence electrons. The van der Waals surface area contributed by atoms with Crippen LogP contribution in [0.4, 0.5) is 13.2 Å². The molecule has 1 aromatic heterocycles. The first-order valence-electron chi connectivity index (χ1n) is 7.59. The molecule has 0 saturated carbocycles. The van der Waals surface area contributed by atoms with E-state index in [2.05, 4.69) is 0 Å². The van der Waals surface area contributed by atoms with Crippen molar-refractivity contribution in [2.45, 2.75) is 6.18 Å². The summed E-state index contributed by atoms with van der Waals surface area (Å²) in [6, 6.07) is 8.34. The summed E-state index contributed by atoms with van der Waals surface area (Å²) in [6.45, 7) is 0.411. The van der Waals surface area contributed by atoms with Gasteiger partial charge in [-0.3, -0.25) is 4.79 Å². The van der Waals surface area contributed by atoms with Gasteiger partial charge in [-0.25, -0.2) is 0 Å². The Morgan fingerprint density at radius 3 is 2.35 bits per heavy atom. The van der Waals surface area contributed by atoms with Gasteiger partial charge < -0.3 is 13.9 Å². The topological polar surface area (TPSA) is 48.7 Å². The number of rotatable bonds is 1. The molecule has 0 fully saturated rings. The third-order valence-electron chi connectivity index (χ3n) is 3.96. The van der Waals surface area contributed by atoms with Crippen molar-refractivity contribution in [3.05, 3.63) is 57.4 Å². The third kappa shape index (κ3) is 2.68. The maximum absolute atomic E-state index is 13.6. The molecular formula is C18H10ClF3O4. The normalized spacial score (nSPS) is 13.8. The molecule has 0 aliphatic carbocycles. The standard InChI is InChI=1S/C18H10ClF3O4/c19-10-3-1-9(2-4-10)13-14(23)11-5-6-12-16(25-8-7-24-12)15(11)26-17(13)18(20,21)22/h1-6H,7-8H2. The second kappa shape index (κ2) is 5.95. The van der Waals surface area contributed by atoms with Gasteiger partial charge in [0.2, 0.25) is 16.9 Å². The van der Waals surface area contributed by atoms with E-state index in [1.54, 1.807) is 0 Å². The molecular weight excluding hydrogens is 373 g/mol. The predicted octanol–water partition coefficient (Wildman–Crippen LogP) is 4.90. The fourth-order valence-electron chi connectivity index (χ4n) is 2.84. The predicted molar refractivity (Wildman–Crippen MR) is 88.9 cm³/mol. The molecule has 0 amide bonds. The molecule has 1 aliphatic heterocycles. The van der Waals surface area contributed by atoms with Crippen molar-refractivity contribution < 1.29 is 27.1 Å². The van der Waals surface area contributed by atoms with E-state index >= 15 is 0 Å². The lowest BCUT2D eigenvalue weighted by Crippen LogP contribution is -2.19. The molecule has 0 radical (unpaired) electrons. The molecule has 2 heterocycles. The van der Waals surface area contributed by atoms with Gasteiger partial charge in [-0.15, -0.1) is 0 Å². The Morgan fingerprint density at radius 2 is 1.65 bits per heavy atom. The molecule has 0 saturated heterocycles. The Labute approximate surface area is 149 Å². The Balaban J connectivity index is 2.10. The first-order valence-corrected chi connectivity index (χ1v) is 7.96. The molecule has 0 unspecified atom stereocenters. The zero-order chi connectivity index (χ0) is 18.5. The summed E-state index contributed by atoms with van der Waals surface area (Å²) in [5.74, 6) is -1.15. The number of hydrogen-bond donors (Lipinski definition) is 0. The van der Waals surface area contributed by atoms with Gasteiger partial charge in [0.1, 0.15) is 13.2 Å². The van der Waals surface area contributed by atoms with Gasteiger partial charge in [0, 0.05) is 5.02 Å². The van der Waals surface area contributed by atoms with Crippen LogP contribution in [0.25, 0.3) is 22.1 Å². The second-order valence-corrected chi connectivity index (χ2v) is 6.04. The van der Waals surface area contributed by atoms with Crippen molar-refractivity contribution in [3.63, 3.8) is 0 Å². The molecule has 1 aliphatic rings. The lowest BCUT2D eigenvalue weighted by Gasteiger charge is -2.20. The molecule has 0 spiro atoms. The fourth-order valence-corrected chi connectivity index (χ4v) is 2.97. The lowest BCUT2D eigenvalue weighted by molar-refractivity contribution is -0.152. The summed E-state index contributed by atoms with van der Waals surface area (Å²) in [7, 11) is 0. The van der Waals surface area contributed by atoms with Crippen LogP contribution in [0.1, 0.15) is 5.76 Å². The van der Waals surface area contributed by atoms with Crippen molar-refractivity contribution in [1.82, 2.24) is 0 Å². The number of hydrogen-bond acceptors (Lipinski definition) is 4. The average molecular weight is 383 g/mol. The maximum Gasteiger partial charge on any atom is 0.450 e. The van der Waals surface area contributed by atoms with Gasteiger partial charge in [-0.1, -0.05) is 23.7 Å². The third-order valence-corrected chi connectivity index (χ3v) is 4.21. The highest BCUT2D eigenvalue weighted by Crippen LogP contribution is 2.42. The van der Waals surface area contributed by atoms with Gasteiger partial charge in [0.15, 0.2) is 11.3 Å². The molecule has 8 heteroatoms. The quantitative estimate of drug-likeness (QED) is 0.600. The average Bonchev–Trinajstić information content (AvgIpc) is 2.61. The van der Waals surface area contributed by atoms with Gasteiger partial charge >= 0.3 is 6.18 Å². The molecule has 0 N–H and O–H groups in total. The van der Waals surface area contributed by atoms with Crippen molar-refractivity contribution in [2.75, 3.05) is 13.2 Å². The van der Waals surface area contributed by atoms with Crippen LogP contribution in [0, 0.1) is 0 Å². The van der Waals surface area contributed by atoms with E-state index in [1.165, 1.54) is 36.4 Å². The van der Waals surface area contributed by atoms with Gasteiger partial charge in [-0.2, -0.15) is 13.2 Å². The number of halogens is 4. The minimum absolute atomic E-state index is 0.000920. The Morgan fingerprint density at radius 1 is 0.962 bits per heavy atom. The highest BCUT2D eigenvalue weighted by molar-refractivity contribution is 6.30. The van der Waals surface area contributed by atoms with Crippen LogP contribution in [0.5, 0.6) is 11.5 Å². The SMILES string of the molecule is O=c1c(-c2ccc(Cl)cc2)c(C(F)(F)F)oc2c3c(ccc12)OCCO3. The van der Waals surface area contributed by atoms with E-state index < -0.39 is 22.9 Å². The molecule has 0 bridgehead atoms. The van der Waals surface area contributed by atoms with Crippen LogP contribution < -0.4 is 14.9 Å². The van der Waals surface area contributed by atoms with Crippen molar-refractivity contribution >= 4 is 22.6 Å². The van der Waals surface area contributed by atoms with Gasteiger partial charge in [0.25, 0.3) is 0 Å². The number of benzene rings is 2. The lowest BCUT2D eigenvalue weighted by atomic mass is 10.0. The summed E-state index contributed by atoms with van der Waals surface area (Å²) >= 11 is 5.79. The Bertz CT molecular complexity index is 1060. The highest BCUT2D eigenvalue weighted by Gasteiger charge is 2.40. The molecule has 0 atom stereocenters. The van der Waals surface area contributed by atoms with Crippen LogP contribution >= 0.6 is 11.6 Å². The minimum Gasteiger partial charge on any atom is -0.486 e. The zero-order valence-corrected chi connectivity index (χ0v) is 13.8. The smallest absolute Gasteiger partial charge is 0.450 e. The van der Waals surface area contributed by atoms with Gasteiger partial charge in [-0.05, 0) is 29.8 Å². The molecule has 3 aromatic rings. The van der Waals surface area contributed by atoms with Crippen LogP contribution in [0.15, 0.2) is 45.6 Å². The maximum atomic E-state index is 13.6. The number of alkyl halides is 3. The molecule has 26 heavy (non-hydrogen) atoms. The summed E-state index contributed by atoms with van der Waals surface area (Å²) in [4.78, 5) is 12.9. The first kappa shape index (κ1) is 16.8. The molecule has 2 aromatic carbocycles. The van der Waals surface area contributed by atoms with Crippen molar-refractivity contribution in [1.29, 1.82) is 0 Å². The molecule has 4 rings (SSSR count). The summed E-state index contributed by atoms with van der Waals surface area (Å²) < 4.78 is 56.7. The van der Waals surface area contributed by atoms with E-state index in [9.17, 15) is 18.0 Å². The van der Waals surface area contributed by atoms with Crippen molar-refractivity contribution in [2.24, 2.45) is 0 Å². The van der Waals surface area contributed by atoms with Crippen LogP contribution in [0.3, 0.4) is 0 Å². The van der Waals surface area contributed by atoms with E-state index in [0.29, 0.717) is 5.02 Å². The van der Waals surface area contributed by atoms with E-state index in [1.807, 2.05) is 0 Å². The van der Waals surface area contributed by atoms with Crippen LogP contribution in [-0.4, -0.2) is 13.2 Å². The van der Waals surface area contributed by atoms with Crippen LogP contribution in [-0.2, 0) is 6.18 Å². The summed E-state index contributed by atoms with van der Waals surface area (Å²) in [6.07, 6.45) is -4.87. The monoisotopic (exact) mass is 382 g/mol. The Kier molecular flexibility index (Phi) is 3.84. The minimum atomic E-state index is -4.87. The van der Waals surface area contributed by atoms with Crippen LogP contribution in [0.2, 0.25) is 5.02 Å². The fraction of sp³-hybridized carbons (Fsp3) is 0.167.